The topological polar surface area (TPSA) is 71.4 Å². The maximum Gasteiger partial charge on any atom is 0.203 e. The zero-order chi connectivity index (χ0) is 19.7. The molecule has 1 aromatic heterocycles. The van der Waals surface area contributed by atoms with E-state index in [9.17, 15) is 13.2 Å². The SMILES string of the molecule is O=c1c2ccccc2[s+](-c2ccc(S(=O)(=O)CCCO)cc2)c2ccccc12. The predicted molar refractivity (Wildman–Crippen MR) is 115 cm³/mol. The van der Waals surface area contributed by atoms with Crippen LogP contribution in [0, 0.1) is 0 Å². The second-order valence-electron chi connectivity index (χ2n) is 6.50. The van der Waals surface area contributed by atoms with Crippen molar-refractivity contribution in [3.8, 4) is 4.90 Å². The highest BCUT2D eigenvalue weighted by molar-refractivity contribution is 7.91. The molecule has 4 aromatic rings. The Morgan fingerprint density at radius 2 is 1.32 bits per heavy atom. The van der Waals surface area contributed by atoms with Crippen molar-refractivity contribution >= 4 is 40.5 Å². The minimum atomic E-state index is -3.41. The molecule has 0 saturated carbocycles. The molecule has 0 fully saturated rings. The summed E-state index contributed by atoms with van der Waals surface area (Å²) in [5, 5.41) is 10.3. The van der Waals surface area contributed by atoms with E-state index in [1.807, 2.05) is 60.7 Å². The molecule has 4 rings (SSSR count). The van der Waals surface area contributed by atoms with Gasteiger partial charge in [-0.15, -0.1) is 0 Å². The number of rotatable bonds is 5. The van der Waals surface area contributed by atoms with Crippen molar-refractivity contribution in [1.82, 2.24) is 0 Å². The van der Waals surface area contributed by atoms with Crippen LogP contribution in [0.2, 0.25) is 0 Å². The van der Waals surface area contributed by atoms with Crippen molar-refractivity contribution in [2.75, 3.05) is 12.4 Å². The Morgan fingerprint density at radius 1 is 0.786 bits per heavy atom. The number of sulfone groups is 1. The first-order chi connectivity index (χ1) is 13.5. The lowest BCUT2D eigenvalue weighted by Gasteiger charge is -2.05. The third-order valence-electron chi connectivity index (χ3n) is 4.69. The maximum absolute atomic E-state index is 12.9. The standard InChI is InChI=1S/C22H19O4S2/c23-14-5-15-28(25,26)17-12-10-16(11-13-17)27-20-8-3-1-6-18(20)22(24)19-7-2-4-9-21(19)27/h1-4,6-13,23H,5,14-15H2/q+1. The number of fused-ring (bicyclic) bond motifs is 2. The first-order valence-corrected chi connectivity index (χ1v) is 11.8. The first-order valence-electron chi connectivity index (χ1n) is 8.93. The van der Waals surface area contributed by atoms with Crippen molar-refractivity contribution in [1.29, 1.82) is 0 Å². The van der Waals surface area contributed by atoms with Gasteiger partial charge in [0.2, 0.25) is 5.43 Å². The molecule has 142 valence electrons. The second kappa shape index (κ2) is 7.47. The maximum atomic E-state index is 12.9. The molecule has 0 aliphatic heterocycles. The molecule has 1 heterocycles. The lowest BCUT2D eigenvalue weighted by atomic mass is 10.2. The van der Waals surface area contributed by atoms with E-state index in [1.165, 1.54) is 0 Å². The van der Waals surface area contributed by atoms with Gasteiger partial charge in [-0.25, -0.2) is 8.42 Å². The van der Waals surface area contributed by atoms with Crippen molar-refractivity contribution < 1.29 is 13.5 Å². The van der Waals surface area contributed by atoms with Gasteiger partial charge in [-0.3, -0.25) is 4.79 Å². The zero-order valence-corrected chi connectivity index (χ0v) is 16.7. The zero-order valence-electron chi connectivity index (χ0n) is 15.0. The molecule has 0 amide bonds. The van der Waals surface area contributed by atoms with Gasteiger partial charge in [0, 0.05) is 17.1 Å². The highest BCUT2D eigenvalue weighted by Gasteiger charge is 2.23. The second-order valence-corrected chi connectivity index (χ2v) is 10.6. The van der Waals surface area contributed by atoms with Crippen molar-refractivity contribution in [2.24, 2.45) is 0 Å². The molecule has 1 N–H and O–H groups in total. The van der Waals surface area contributed by atoms with Crippen LogP contribution in [0.3, 0.4) is 0 Å². The van der Waals surface area contributed by atoms with Crippen LogP contribution in [0.15, 0.2) is 82.5 Å². The molecule has 3 aromatic carbocycles. The summed E-state index contributed by atoms with van der Waals surface area (Å²) in [6, 6.07) is 22.1. The van der Waals surface area contributed by atoms with Gasteiger partial charge in [-0.1, -0.05) is 24.3 Å². The molecule has 0 aliphatic carbocycles. The summed E-state index contributed by atoms with van der Waals surface area (Å²) < 4.78 is 26.7. The number of aliphatic hydroxyl groups excluding tert-OH is 1. The summed E-state index contributed by atoms with van der Waals surface area (Å²) >= 11 is 0. The van der Waals surface area contributed by atoms with Crippen LogP contribution in [-0.2, 0) is 9.84 Å². The Hall–Kier alpha value is -2.54. The quantitative estimate of drug-likeness (QED) is 0.394. The first kappa shape index (κ1) is 18.8. The van der Waals surface area contributed by atoms with Gasteiger partial charge in [0.05, 0.1) is 21.4 Å². The van der Waals surface area contributed by atoms with Crippen LogP contribution in [0.1, 0.15) is 6.42 Å². The molecule has 0 saturated heterocycles. The lowest BCUT2D eigenvalue weighted by Crippen LogP contribution is -2.08. The van der Waals surface area contributed by atoms with Crippen LogP contribution < -0.4 is 5.43 Å². The van der Waals surface area contributed by atoms with Gasteiger partial charge in [0.25, 0.3) is 0 Å². The van der Waals surface area contributed by atoms with E-state index in [4.69, 9.17) is 5.11 Å². The summed E-state index contributed by atoms with van der Waals surface area (Å²) in [6.45, 7) is -0.150. The van der Waals surface area contributed by atoms with Crippen LogP contribution in [-0.4, -0.2) is 25.9 Å². The fraction of sp³-hybridized carbons (Fsp3) is 0.136. The van der Waals surface area contributed by atoms with Crippen molar-refractivity contribution in [3.05, 3.63) is 83.0 Å². The number of hydrogen-bond acceptors (Lipinski definition) is 4. The normalized spacial score (nSPS) is 11.9. The monoisotopic (exact) mass is 411 g/mol. The van der Waals surface area contributed by atoms with E-state index >= 15 is 0 Å². The average molecular weight is 412 g/mol. The number of benzene rings is 3. The van der Waals surface area contributed by atoms with E-state index in [0.717, 1.165) is 14.3 Å². The fourth-order valence-electron chi connectivity index (χ4n) is 3.34. The van der Waals surface area contributed by atoms with Gasteiger partial charge in [-0.05, 0) is 55.0 Å². The molecule has 0 bridgehead atoms. The van der Waals surface area contributed by atoms with Gasteiger partial charge in [-0.2, -0.15) is 0 Å². The van der Waals surface area contributed by atoms with E-state index in [1.54, 1.807) is 12.1 Å². The van der Waals surface area contributed by atoms with E-state index in [0.29, 0.717) is 10.8 Å². The summed E-state index contributed by atoms with van der Waals surface area (Å²) in [6.07, 6.45) is 0.220. The third kappa shape index (κ3) is 3.24. The van der Waals surface area contributed by atoms with Gasteiger partial charge in [0.15, 0.2) is 24.1 Å². The lowest BCUT2D eigenvalue weighted by molar-refractivity contribution is 0.295. The molecule has 0 atom stereocenters. The molecule has 0 unspecified atom stereocenters. The fourth-order valence-corrected chi connectivity index (χ4v) is 6.98. The summed E-state index contributed by atoms with van der Waals surface area (Å²) in [5.41, 5.74) is 0.0261. The minimum absolute atomic E-state index is 0.0261. The molecule has 28 heavy (non-hydrogen) atoms. The smallest absolute Gasteiger partial charge is 0.203 e. The van der Waals surface area contributed by atoms with Crippen molar-refractivity contribution in [3.63, 3.8) is 0 Å². The van der Waals surface area contributed by atoms with Gasteiger partial charge in [0.1, 0.15) is 0 Å². The Bertz CT molecular complexity index is 1260. The Balaban J connectivity index is 1.94. The highest BCUT2D eigenvalue weighted by atomic mass is 32.2. The summed E-state index contributed by atoms with van der Waals surface area (Å²) in [7, 11) is -3.89. The largest absolute Gasteiger partial charge is 0.396 e. The number of hydrogen-bond donors (Lipinski definition) is 1. The summed E-state index contributed by atoms with van der Waals surface area (Å²) in [5.74, 6) is -0.0747. The molecular weight excluding hydrogens is 392 g/mol. The molecule has 0 radical (unpaired) electrons. The Kier molecular flexibility index (Phi) is 5.02. The molecule has 0 spiro atoms. The molecule has 6 heteroatoms. The van der Waals surface area contributed by atoms with Crippen molar-refractivity contribution in [2.45, 2.75) is 11.3 Å². The van der Waals surface area contributed by atoms with Crippen LogP contribution in [0.4, 0.5) is 0 Å². The third-order valence-corrected chi connectivity index (χ3v) is 8.84. The van der Waals surface area contributed by atoms with E-state index < -0.39 is 20.3 Å². The molecule has 0 aliphatic rings. The van der Waals surface area contributed by atoms with E-state index in [-0.39, 0.29) is 29.1 Å². The van der Waals surface area contributed by atoms with Crippen LogP contribution >= 0.6 is 10.5 Å². The van der Waals surface area contributed by atoms with Crippen LogP contribution in [0.5, 0.6) is 0 Å². The Labute approximate surface area is 165 Å². The van der Waals surface area contributed by atoms with E-state index in [2.05, 4.69) is 0 Å². The summed E-state index contributed by atoms with van der Waals surface area (Å²) in [4.78, 5) is 14.1. The predicted octanol–water partition coefficient (Wildman–Crippen LogP) is 4.25. The Morgan fingerprint density at radius 3 is 1.86 bits per heavy atom. The van der Waals surface area contributed by atoms with Gasteiger partial charge < -0.3 is 5.11 Å². The van der Waals surface area contributed by atoms with Crippen LogP contribution in [0.25, 0.3) is 25.1 Å². The average Bonchev–Trinajstić information content (AvgIpc) is 2.73. The molecule has 4 nitrogen and oxygen atoms in total. The number of aliphatic hydroxyl groups is 1. The van der Waals surface area contributed by atoms with Gasteiger partial charge >= 0.3 is 0 Å². The minimum Gasteiger partial charge on any atom is -0.396 e. The highest BCUT2D eigenvalue weighted by Crippen LogP contribution is 2.43. The molecular formula is C22H19O4S2+.